The Labute approximate surface area is 117 Å². The SMILES string of the molecule is CC1(CNCc2cc([N+](=O)[O-])ccc2Cl)CCCO1. The zero-order valence-electron chi connectivity index (χ0n) is 10.8. The number of nitro benzene ring substituents is 1. The molecule has 0 bridgehead atoms. The van der Waals surface area contributed by atoms with Crippen molar-refractivity contribution in [3.63, 3.8) is 0 Å². The quantitative estimate of drug-likeness (QED) is 0.667. The van der Waals surface area contributed by atoms with Crippen LogP contribution in [0.3, 0.4) is 0 Å². The summed E-state index contributed by atoms with van der Waals surface area (Å²) in [5.74, 6) is 0. The van der Waals surface area contributed by atoms with Crippen LogP contribution in [0.2, 0.25) is 5.02 Å². The lowest BCUT2D eigenvalue weighted by molar-refractivity contribution is -0.384. The first-order valence-electron chi connectivity index (χ1n) is 6.28. The van der Waals surface area contributed by atoms with Crippen molar-refractivity contribution in [1.82, 2.24) is 5.32 Å². The van der Waals surface area contributed by atoms with Crippen LogP contribution in [0.5, 0.6) is 0 Å². The summed E-state index contributed by atoms with van der Waals surface area (Å²) in [6.07, 6.45) is 2.11. The summed E-state index contributed by atoms with van der Waals surface area (Å²) in [7, 11) is 0. The van der Waals surface area contributed by atoms with Crippen molar-refractivity contribution >= 4 is 17.3 Å². The number of hydrogen-bond acceptors (Lipinski definition) is 4. The van der Waals surface area contributed by atoms with E-state index in [1.807, 2.05) is 0 Å². The Balaban J connectivity index is 1.95. The van der Waals surface area contributed by atoms with E-state index in [0.29, 0.717) is 18.1 Å². The summed E-state index contributed by atoms with van der Waals surface area (Å²) < 4.78 is 5.67. The normalized spacial score (nSPS) is 22.6. The number of nitrogens with one attached hydrogen (secondary N) is 1. The van der Waals surface area contributed by atoms with E-state index >= 15 is 0 Å². The largest absolute Gasteiger partial charge is 0.374 e. The Morgan fingerprint density at radius 1 is 1.58 bits per heavy atom. The van der Waals surface area contributed by atoms with Crippen molar-refractivity contribution in [2.24, 2.45) is 0 Å². The second-order valence-corrected chi connectivity index (χ2v) is 5.45. The van der Waals surface area contributed by atoms with Gasteiger partial charge in [-0.05, 0) is 31.4 Å². The van der Waals surface area contributed by atoms with E-state index in [4.69, 9.17) is 16.3 Å². The molecule has 2 rings (SSSR count). The minimum absolute atomic E-state index is 0.0597. The molecule has 1 atom stereocenters. The number of benzene rings is 1. The van der Waals surface area contributed by atoms with Crippen LogP contribution < -0.4 is 5.32 Å². The maximum atomic E-state index is 10.7. The van der Waals surface area contributed by atoms with Crippen molar-refractivity contribution in [2.75, 3.05) is 13.2 Å². The van der Waals surface area contributed by atoms with Crippen LogP contribution in [0.1, 0.15) is 25.3 Å². The minimum atomic E-state index is -0.415. The molecule has 5 nitrogen and oxygen atoms in total. The Morgan fingerprint density at radius 2 is 2.37 bits per heavy atom. The number of nitro groups is 1. The molecule has 1 N–H and O–H groups in total. The molecule has 1 saturated heterocycles. The summed E-state index contributed by atoms with van der Waals surface area (Å²) in [4.78, 5) is 10.3. The molecule has 0 saturated carbocycles. The second-order valence-electron chi connectivity index (χ2n) is 5.04. The Morgan fingerprint density at radius 3 is 3.00 bits per heavy atom. The average Bonchev–Trinajstić information content (AvgIpc) is 2.78. The van der Waals surface area contributed by atoms with Gasteiger partial charge < -0.3 is 10.1 Å². The molecule has 0 aliphatic carbocycles. The van der Waals surface area contributed by atoms with Crippen LogP contribution in [0.25, 0.3) is 0 Å². The van der Waals surface area contributed by atoms with Gasteiger partial charge in [-0.3, -0.25) is 10.1 Å². The molecule has 0 aromatic heterocycles. The molecule has 1 aromatic rings. The molecule has 1 unspecified atom stereocenters. The highest BCUT2D eigenvalue weighted by Gasteiger charge is 2.29. The maximum Gasteiger partial charge on any atom is 0.269 e. The third-order valence-corrected chi connectivity index (χ3v) is 3.72. The van der Waals surface area contributed by atoms with E-state index in [1.54, 1.807) is 6.07 Å². The highest BCUT2D eigenvalue weighted by molar-refractivity contribution is 6.31. The predicted octanol–water partition coefficient (Wildman–Crippen LogP) is 2.91. The summed E-state index contributed by atoms with van der Waals surface area (Å²) >= 11 is 6.04. The van der Waals surface area contributed by atoms with Crippen molar-refractivity contribution in [1.29, 1.82) is 0 Å². The van der Waals surface area contributed by atoms with E-state index in [1.165, 1.54) is 12.1 Å². The van der Waals surface area contributed by atoms with Crippen LogP contribution >= 0.6 is 11.6 Å². The van der Waals surface area contributed by atoms with Gasteiger partial charge in [-0.25, -0.2) is 0 Å². The van der Waals surface area contributed by atoms with E-state index in [2.05, 4.69) is 12.2 Å². The molecule has 0 radical (unpaired) electrons. The smallest absolute Gasteiger partial charge is 0.269 e. The molecular formula is C13H17ClN2O3. The predicted molar refractivity (Wildman–Crippen MR) is 73.4 cm³/mol. The number of hydrogen-bond donors (Lipinski definition) is 1. The number of non-ortho nitro benzene ring substituents is 1. The molecule has 0 amide bonds. The summed E-state index contributed by atoms with van der Waals surface area (Å²) in [6.45, 7) is 4.09. The fraction of sp³-hybridized carbons (Fsp3) is 0.538. The molecule has 1 aliphatic heterocycles. The number of rotatable bonds is 5. The van der Waals surface area contributed by atoms with E-state index < -0.39 is 4.92 Å². The molecule has 104 valence electrons. The van der Waals surface area contributed by atoms with Crippen molar-refractivity contribution < 1.29 is 9.66 Å². The van der Waals surface area contributed by atoms with Crippen molar-refractivity contribution in [3.05, 3.63) is 38.9 Å². The summed E-state index contributed by atoms with van der Waals surface area (Å²) in [6, 6.07) is 4.48. The van der Waals surface area contributed by atoms with E-state index in [0.717, 1.165) is 25.0 Å². The lowest BCUT2D eigenvalue weighted by Gasteiger charge is -2.23. The van der Waals surface area contributed by atoms with Gasteiger partial charge >= 0.3 is 0 Å². The van der Waals surface area contributed by atoms with Gasteiger partial charge in [-0.1, -0.05) is 11.6 Å². The Hall–Kier alpha value is -1.17. The lowest BCUT2D eigenvalue weighted by atomic mass is 10.0. The van der Waals surface area contributed by atoms with Gasteiger partial charge in [0.1, 0.15) is 0 Å². The zero-order valence-corrected chi connectivity index (χ0v) is 11.6. The highest BCUT2D eigenvalue weighted by Crippen LogP contribution is 2.25. The fourth-order valence-corrected chi connectivity index (χ4v) is 2.43. The van der Waals surface area contributed by atoms with E-state index in [9.17, 15) is 10.1 Å². The fourth-order valence-electron chi connectivity index (χ4n) is 2.25. The number of ether oxygens (including phenoxy) is 1. The van der Waals surface area contributed by atoms with Crippen LogP contribution in [-0.4, -0.2) is 23.7 Å². The molecule has 19 heavy (non-hydrogen) atoms. The minimum Gasteiger partial charge on any atom is -0.374 e. The molecule has 6 heteroatoms. The Kier molecular flexibility index (Phi) is 4.39. The van der Waals surface area contributed by atoms with Crippen molar-refractivity contribution in [2.45, 2.75) is 31.9 Å². The first kappa shape index (κ1) is 14.2. The number of halogens is 1. The van der Waals surface area contributed by atoms with Gasteiger partial charge in [0.2, 0.25) is 0 Å². The standard InChI is InChI=1S/C13H17ClN2O3/c1-13(5-2-6-19-13)9-15-8-10-7-11(16(17)18)3-4-12(10)14/h3-4,7,15H,2,5-6,8-9H2,1H3. The summed E-state index contributed by atoms with van der Waals surface area (Å²) in [5, 5.41) is 14.5. The van der Waals surface area contributed by atoms with E-state index in [-0.39, 0.29) is 11.3 Å². The van der Waals surface area contributed by atoms with Gasteiger partial charge in [-0.15, -0.1) is 0 Å². The highest BCUT2D eigenvalue weighted by atomic mass is 35.5. The molecule has 1 aliphatic rings. The molecule has 1 heterocycles. The van der Waals surface area contributed by atoms with Crippen molar-refractivity contribution in [3.8, 4) is 0 Å². The zero-order chi connectivity index (χ0) is 13.9. The first-order valence-corrected chi connectivity index (χ1v) is 6.65. The second kappa shape index (κ2) is 5.86. The summed E-state index contributed by atoms with van der Waals surface area (Å²) in [5.41, 5.74) is 0.662. The van der Waals surface area contributed by atoms with Crippen LogP contribution in [0.4, 0.5) is 5.69 Å². The first-order chi connectivity index (χ1) is 9.00. The molecular weight excluding hydrogens is 268 g/mol. The number of nitrogens with zero attached hydrogens (tertiary/aromatic N) is 1. The molecule has 0 spiro atoms. The third-order valence-electron chi connectivity index (χ3n) is 3.35. The van der Waals surface area contributed by atoms with Gasteiger partial charge in [-0.2, -0.15) is 0 Å². The lowest BCUT2D eigenvalue weighted by Crippen LogP contribution is -2.36. The van der Waals surface area contributed by atoms with Crippen LogP contribution in [-0.2, 0) is 11.3 Å². The Bertz CT molecular complexity index is 473. The topological polar surface area (TPSA) is 64.4 Å². The average molecular weight is 285 g/mol. The monoisotopic (exact) mass is 284 g/mol. The van der Waals surface area contributed by atoms with Gasteiger partial charge in [0, 0.05) is 36.9 Å². The third kappa shape index (κ3) is 3.65. The van der Waals surface area contributed by atoms with Gasteiger partial charge in [0.15, 0.2) is 0 Å². The van der Waals surface area contributed by atoms with Gasteiger partial charge in [0.25, 0.3) is 5.69 Å². The van der Waals surface area contributed by atoms with Gasteiger partial charge in [0.05, 0.1) is 10.5 Å². The molecule has 1 fully saturated rings. The van der Waals surface area contributed by atoms with Crippen LogP contribution in [0.15, 0.2) is 18.2 Å². The maximum absolute atomic E-state index is 10.7. The van der Waals surface area contributed by atoms with Crippen LogP contribution in [0, 0.1) is 10.1 Å². The molecule has 1 aromatic carbocycles.